The summed E-state index contributed by atoms with van der Waals surface area (Å²) in [6, 6.07) is 0. The number of ether oxygens (including phenoxy) is 1. The lowest BCUT2D eigenvalue weighted by Crippen LogP contribution is -2.47. The van der Waals surface area contributed by atoms with Crippen molar-refractivity contribution in [1.82, 2.24) is 19.4 Å². The molecule has 3 fully saturated rings. The van der Waals surface area contributed by atoms with Crippen molar-refractivity contribution in [3.63, 3.8) is 0 Å². The second-order valence-electron chi connectivity index (χ2n) is 7.42. The van der Waals surface area contributed by atoms with Gasteiger partial charge in [-0.3, -0.25) is 9.69 Å². The van der Waals surface area contributed by atoms with E-state index in [0.29, 0.717) is 25.7 Å². The molecule has 0 radical (unpaired) electrons. The fourth-order valence-electron chi connectivity index (χ4n) is 3.87. The average molecular weight is 332 g/mol. The molecule has 0 spiro atoms. The number of piperidine rings is 1. The lowest BCUT2D eigenvalue weighted by Gasteiger charge is -2.34. The van der Waals surface area contributed by atoms with Crippen LogP contribution in [0, 0.1) is 5.92 Å². The number of hydrogen-bond acceptors (Lipinski definition) is 4. The first-order valence-corrected chi connectivity index (χ1v) is 9.38. The van der Waals surface area contributed by atoms with E-state index in [-0.39, 0.29) is 5.91 Å². The Morgan fingerprint density at radius 2 is 1.88 bits per heavy atom. The van der Waals surface area contributed by atoms with Crippen LogP contribution in [0.25, 0.3) is 0 Å². The third kappa shape index (κ3) is 3.81. The predicted octanol–water partition coefficient (Wildman–Crippen LogP) is 1.33. The van der Waals surface area contributed by atoms with E-state index in [1.54, 1.807) is 0 Å². The molecule has 6 heteroatoms. The number of nitrogens with zero attached hydrogens (tertiary/aromatic N) is 4. The Kier molecular flexibility index (Phi) is 4.85. The largest absolute Gasteiger partial charge is 0.378 e. The Morgan fingerprint density at radius 3 is 2.58 bits per heavy atom. The Bertz CT molecular complexity index is 555. The van der Waals surface area contributed by atoms with Crippen molar-refractivity contribution in [1.29, 1.82) is 0 Å². The van der Waals surface area contributed by atoms with Crippen LogP contribution in [-0.2, 0) is 16.1 Å². The standard InChI is InChI=1S/C18H28N4O2/c23-17(21-9-11-24-12-10-21)14-20-6-3-16(4-7-20)18-19-5-8-22(18)13-15-1-2-15/h5,8,15-16H,1-4,6-7,9-14H2. The zero-order valence-electron chi connectivity index (χ0n) is 14.4. The molecule has 0 bridgehead atoms. The molecule has 0 aromatic carbocycles. The van der Waals surface area contributed by atoms with Gasteiger partial charge in [0.05, 0.1) is 19.8 Å². The monoisotopic (exact) mass is 332 g/mol. The van der Waals surface area contributed by atoms with Crippen LogP contribution in [-0.4, -0.2) is 71.2 Å². The number of aromatic nitrogens is 2. The fourth-order valence-corrected chi connectivity index (χ4v) is 3.87. The maximum atomic E-state index is 12.4. The fraction of sp³-hybridized carbons (Fsp3) is 0.778. The van der Waals surface area contributed by atoms with E-state index >= 15 is 0 Å². The summed E-state index contributed by atoms with van der Waals surface area (Å²) in [4.78, 5) is 21.3. The van der Waals surface area contributed by atoms with Gasteiger partial charge in [-0.1, -0.05) is 0 Å². The quantitative estimate of drug-likeness (QED) is 0.816. The van der Waals surface area contributed by atoms with E-state index in [2.05, 4.69) is 20.6 Å². The molecule has 1 aromatic rings. The van der Waals surface area contributed by atoms with Crippen LogP contribution >= 0.6 is 0 Å². The zero-order valence-corrected chi connectivity index (χ0v) is 14.4. The molecule has 2 aliphatic heterocycles. The van der Waals surface area contributed by atoms with Crippen LogP contribution in [0.5, 0.6) is 0 Å². The second kappa shape index (κ2) is 7.23. The van der Waals surface area contributed by atoms with E-state index in [1.165, 1.54) is 18.7 Å². The minimum Gasteiger partial charge on any atom is -0.378 e. The number of rotatable bonds is 5. The van der Waals surface area contributed by atoms with Gasteiger partial charge in [0.25, 0.3) is 0 Å². The Hall–Kier alpha value is -1.40. The molecule has 3 aliphatic rings. The number of amides is 1. The molecule has 4 rings (SSSR count). The SMILES string of the molecule is O=C(CN1CCC(c2nccn2CC2CC2)CC1)N1CCOCC1. The number of carbonyl (C=O) groups is 1. The lowest BCUT2D eigenvalue weighted by molar-refractivity contribution is -0.136. The molecular weight excluding hydrogens is 304 g/mol. The van der Waals surface area contributed by atoms with E-state index < -0.39 is 0 Å². The van der Waals surface area contributed by atoms with Gasteiger partial charge in [-0.15, -0.1) is 0 Å². The molecule has 3 heterocycles. The third-order valence-electron chi connectivity index (χ3n) is 5.57. The van der Waals surface area contributed by atoms with Crippen molar-refractivity contribution < 1.29 is 9.53 Å². The van der Waals surface area contributed by atoms with Gasteiger partial charge < -0.3 is 14.2 Å². The number of hydrogen-bond donors (Lipinski definition) is 0. The summed E-state index contributed by atoms with van der Waals surface area (Å²) in [6.45, 7) is 6.54. The first-order valence-electron chi connectivity index (χ1n) is 9.38. The van der Waals surface area contributed by atoms with Crippen LogP contribution in [0.1, 0.15) is 37.4 Å². The first-order chi connectivity index (χ1) is 11.8. The maximum absolute atomic E-state index is 12.4. The van der Waals surface area contributed by atoms with Gasteiger partial charge in [0, 0.05) is 37.9 Å². The summed E-state index contributed by atoms with van der Waals surface area (Å²) in [5.74, 6) is 2.95. The van der Waals surface area contributed by atoms with Crippen LogP contribution in [0.3, 0.4) is 0 Å². The van der Waals surface area contributed by atoms with Gasteiger partial charge in [0.1, 0.15) is 5.82 Å². The summed E-state index contributed by atoms with van der Waals surface area (Å²) >= 11 is 0. The normalized spacial score (nSPS) is 23.6. The summed E-state index contributed by atoms with van der Waals surface area (Å²) in [5, 5.41) is 0. The highest BCUT2D eigenvalue weighted by Gasteiger charge is 2.28. The van der Waals surface area contributed by atoms with Crippen molar-refractivity contribution in [2.24, 2.45) is 5.92 Å². The predicted molar refractivity (Wildman–Crippen MR) is 90.8 cm³/mol. The van der Waals surface area contributed by atoms with Crippen LogP contribution in [0.4, 0.5) is 0 Å². The first kappa shape index (κ1) is 16.1. The minimum absolute atomic E-state index is 0.256. The molecule has 0 N–H and O–H groups in total. The average Bonchev–Trinajstić information content (AvgIpc) is 3.32. The topological polar surface area (TPSA) is 50.6 Å². The second-order valence-corrected chi connectivity index (χ2v) is 7.42. The molecule has 1 aliphatic carbocycles. The van der Waals surface area contributed by atoms with Gasteiger partial charge in [0.2, 0.25) is 5.91 Å². The molecule has 0 atom stereocenters. The summed E-state index contributed by atoms with van der Waals surface area (Å²) in [6.07, 6.45) is 9.06. The molecule has 1 saturated carbocycles. The highest BCUT2D eigenvalue weighted by Crippen LogP contribution is 2.33. The van der Waals surface area contributed by atoms with Gasteiger partial charge in [0.15, 0.2) is 0 Å². The van der Waals surface area contributed by atoms with Gasteiger partial charge in [-0.2, -0.15) is 0 Å². The molecule has 132 valence electrons. The third-order valence-corrected chi connectivity index (χ3v) is 5.57. The van der Waals surface area contributed by atoms with E-state index in [0.717, 1.165) is 51.5 Å². The van der Waals surface area contributed by atoms with E-state index in [1.807, 2.05) is 11.1 Å². The van der Waals surface area contributed by atoms with Gasteiger partial charge in [-0.05, 0) is 44.7 Å². The van der Waals surface area contributed by atoms with Crippen LogP contribution < -0.4 is 0 Å². The Labute approximate surface area is 143 Å². The van der Waals surface area contributed by atoms with Crippen molar-refractivity contribution in [3.05, 3.63) is 18.2 Å². The maximum Gasteiger partial charge on any atom is 0.236 e. The zero-order chi connectivity index (χ0) is 16.4. The molecular formula is C18H28N4O2. The number of likely N-dealkylation sites (tertiary alicyclic amines) is 1. The molecule has 0 unspecified atom stereocenters. The Balaban J connectivity index is 1.27. The van der Waals surface area contributed by atoms with Gasteiger partial charge in [-0.25, -0.2) is 4.98 Å². The number of morpholine rings is 1. The summed E-state index contributed by atoms with van der Waals surface area (Å²) < 4.78 is 7.69. The number of carbonyl (C=O) groups excluding carboxylic acids is 1. The van der Waals surface area contributed by atoms with Crippen molar-refractivity contribution >= 4 is 5.91 Å². The highest BCUT2D eigenvalue weighted by molar-refractivity contribution is 5.78. The molecule has 2 saturated heterocycles. The van der Waals surface area contributed by atoms with E-state index in [4.69, 9.17) is 4.74 Å². The number of imidazole rings is 1. The van der Waals surface area contributed by atoms with E-state index in [9.17, 15) is 4.79 Å². The van der Waals surface area contributed by atoms with Crippen molar-refractivity contribution in [3.8, 4) is 0 Å². The molecule has 6 nitrogen and oxygen atoms in total. The Morgan fingerprint density at radius 1 is 1.12 bits per heavy atom. The minimum atomic E-state index is 0.256. The van der Waals surface area contributed by atoms with Gasteiger partial charge >= 0.3 is 0 Å². The van der Waals surface area contributed by atoms with Crippen molar-refractivity contribution in [2.75, 3.05) is 45.9 Å². The van der Waals surface area contributed by atoms with Crippen LogP contribution in [0.2, 0.25) is 0 Å². The van der Waals surface area contributed by atoms with Crippen LogP contribution in [0.15, 0.2) is 12.4 Å². The molecule has 1 amide bonds. The molecule has 24 heavy (non-hydrogen) atoms. The smallest absolute Gasteiger partial charge is 0.236 e. The summed E-state index contributed by atoms with van der Waals surface area (Å²) in [7, 11) is 0. The summed E-state index contributed by atoms with van der Waals surface area (Å²) in [5.41, 5.74) is 0. The van der Waals surface area contributed by atoms with Crippen molar-refractivity contribution in [2.45, 2.75) is 38.1 Å². The molecule has 1 aromatic heterocycles. The lowest BCUT2D eigenvalue weighted by atomic mass is 9.95. The highest BCUT2D eigenvalue weighted by atomic mass is 16.5.